The molecule has 0 radical (unpaired) electrons. The van der Waals surface area contributed by atoms with Crippen molar-refractivity contribution in [3.63, 3.8) is 0 Å². The maximum Gasteiger partial charge on any atom is 0.312 e. The molecule has 0 fully saturated rings. The summed E-state index contributed by atoms with van der Waals surface area (Å²) in [6.07, 6.45) is 1.43. The highest BCUT2D eigenvalue weighted by molar-refractivity contribution is 7.15. The van der Waals surface area contributed by atoms with Gasteiger partial charge >= 0.3 is 5.97 Å². The molecule has 0 spiro atoms. The number of carboxylic acids is 1. The van der Waals surface area contributed by atoms with Crippen molar-refractivity contribution in [2.75, 3.05) is 12.1 Å². The molecular weight excluding hydrogens is 292 g/mol. The number of aryl methyl sites for hydroxylation is 1. The second kappa shape index (κ2) is 4.63. The fourth-order valence-electron chi connectivity index (χ4n) is 2.62. The number of nitrogens with zero attached hydrogens (tertiary/aromatic N) is 1. The van der Waals surface area contributed by atoms with Crippen molar-refractivity contribution in [1.82, 2.24) is 4.98 Å². The summed E-state index contributed by atoms with van der Waals surface area (Å²) < 4.78 is 10.6. The molecule has 0 saturated carbocycles. The Morgan fingerprint density at radius 2 is 2.24 bits per heavy atom. The second-order valence-corrected chi connectivity index (χ2v) is 6.03. The van der Waals surface area contributed by atoms with Gasteiger partial charge in [-0.1, -0.05) is 0 Å². The maximum atomic E-state index is 11.2. The van der Waals surface area contributed by atoms with Crippen LogP contribution in [0.25, 0.3) is 0 Å². The Bertz CT molecular complexity index is 728. The highest BCUT2D eigenvalue weighted by Gasteiger charge is 2.32. The number of nitrogens with one attached hydrogen (secondary N) is 1. The highest BCUT2D eigenvalue weighted by atomic mass is 32.1. The Hall–Kier alpha value is -2.28. The van der Waals surface area contributed by atoms with E-state index in [9.17, 15) is 9.90 Å². The van der Waals surface area contributed by atoms with Crippen LogP contribution in [0.3, 0.4) is 0 Å². The van der Waals surface area contributed by atoms with Gasteiger partial charge in [-0.05, 0) is 25.0 Å². The summed E-state index contributed by atoms with van der Waals surface area (Å²) in [6, 6.07) is 5.57. The summed E-state index contributed by atoms with van der Waals surface area (Å²) in [5.41, 5.74) is 1.55. The van der Waals surface area contributed by atoms with E-state index in [1.807, 2.05) is 18.2 Å². The molecule has 1 aromatic heterocycles. The lowest BCUT2D eigenvalue weighted by Crippen LogP contribution is -2.08. The van der Waals surface area contributed by atoms with Crippen LogP contribution in [0.2, 0.25) is 0 Å². The zero-order valence-electron chi connectivity index (χ0n) is 11.0. The van der Waals surface area contributed by atoms with Crippen LogP contribution in [-0.4, -0.2) is 22.9 Å². The number of thiazole rings is 1. The maximum absolute atomic E-state index is 11.2. The number of hydrogen-bond acceptors (Lipinski definition) is 6. The molecule has 2 aromatic rings. The summed E-state index contributed by atoms with van der Waals surface area (Å²) in [5, 5.41) is 13.1. The van der Waals surface area contributed by atoms with E-state index in [0.717, 1.165) is 22.7 Å². The van der Waals surface area contributed by atoms with Crippen molar-refractivity contribution in [3.8, 4) is 11.5 Å². The fourth-order valence-corrected chi connectivity index (χ4v) is 3.68. The Labute approximate surface area is 124 Å². The minimum Gasteiger partial charge on any atom is -0.481 e. The largest absolute Gasteiger partial charge is 0.481 e. The van der Waals surface area contributed by atoms with Gasteiger partial charge in [0.05, 0.1) is 5.69 Å². The van der Waals surface area contributed by atoms with E-state index < -0.39 is 11.9 Å². The molecular formula is C14H12N2O4S. The number of carbonyl (C=O) groups is 1. The molecule has 2 heterocycles. The van der Waals surface area contributed by atoms with Gasteiger partial charge in [-0.3, -0.25) is 4.79 Å². The standard InChI is InChI=1S/C14H12N2O4S/c17-13(18)8-2-4-11-12(8)16-14(21-11)15-7-1-3-9-10(5-7)20-6-19-9/h1,3,5,8H,2,4,6H2,(H,15,16)(H,17,18). The highest BCUT2D eigenvalue weighted by Crippen LogP contribution is 2.40. The average molecular weight is 304 g/mol. The Kier molecular flexibility index (Phi) is 2.75. The number of benzene rings is 1. The van der Waals surface area contributed by atoms with Crippen LogP contribution in [-0.2, 0) is 11.2 Å². The molecule has 0 bridgehead atoms. The van der Waals surface area contributed by atoms with Gasteiger partial charge in [-0.25, -0.2) is 4.98 Å². The van der Waals surface area contributed by atoms with Crippen LogP contribution in [0, 0.1) is 0 Å². The quantitative estimate of drug-likeness (QED) is 0.907. The minimum atomic E-state index is -0.798. The molecule has 0 amide bonds. The van der Waals surface area contributed by atoms with E-state index in [1.165, 1.54) is 11.3 Å². The molecule has 0 saturated heterocycles. The molecule has 21 heavy (non-hydrogen) atoms. The molecule has 2 N–H and O–H groups in total. The van der Waals surface area contributed by atoms with Crippen LogP contribution in [0.4, 0.5) is 10.8 Å². The molecule has 1 unspecified atom stereocenters. The Morgan fingerprint density at radius 3 is 3.10 bits per heavy atom. The smallest absolute Gasteiger partial charge is 0.312 e. The summed E-state index contributed by atoms with van der Waals surface area (Å²) in [7, 11) is 0. The summed E-state index contributed by atoms with van der Waals surface area (Å²) >= 11 is 1.51. The van der Waals surface area contributed by atoms with E-state index in [1.54, 1.807) is 0 Å². The van der Waals surface area contributed by atoms with Gasteiger partial charge in [0.2, 0.25) is 6.79 Å². The van der Waals surface area contributed by atoms with Crippen LogP contribution in [0.15, 0.2) is 18.2 Å². The molecule has 4 rings (SSSR count). The average Bonchev–Trinajstić information content (AvgIpc) is 3.11. The lowest BCUT2D eigenvalue weighted by atomic mass is 10.1. The molecule has 1 atom stereocenters. The lowest BCUT2D eigenvalue weighted by molar-refractivity contribution is -0.138. The first kappa shape index (κ1) is 12.5. The van der Waals surface area contributed by atoms with Crippen LogP contribution in [0.5, 0.6) is 11.5 Å². The predicted octanol–water partition coefficient (Wildman–Crippen LogP) is 2.73. The molecule has 2 aliphatic rings. The van der Waals surface area contributed by atoms with E-state index in [-0.39, 0.29) is 6.79 Å². The van der Waals surface area contributed by atoms with Gasteiger partial charge in [0.1, 0.15) is 5.92 Å². The summed E-state index contributed by atoms with van der Waals surface area (Å²) in [6.45, 7) is 0.241. The fraction of sp³-hybridized carbons (Fsp3) is 0.286. The number of hydrogen-bond donors (Lipinski definition) is 2. The Balaban J connectivity index is 1.58. The first-order valence-corrected chi connectivity index (χ1v) is 7.41. The third kappa shape index (κ3) is 2.09. The zero-order valence-corrected chi connectivity index (χ0v) is 11.8. The predicted molar refractivity (Wildman–Crippen MR) is 76.7 cm³/mol. The monoisotopic (exact) mass is 304 g/mol. The number of anilines is 2. The van der Waals surface area contributed by atoms with Gasteiger partial charge in [0.25, 0.3) is 0 Å². The number of fused-ring (bicyclic) bond motifs is 2. The van der Waals surface area contributed by atoms with Crippen LogP contribution < -0.4 is 14.8 Å². The van der Waals surface area contributed by atoms with E-state index in [2.05, 4.69) is 10.3 Å². The van der Waals surface area contributed by atoms with Crippen molar-refractivity contribution in [3.05, 3.63) is 28.8 Å². The molecule has 7 heteroatoms. The first-order chi connectivity index (χ1) is 10.2. The first-order valence-electron chi connectivity index (χ1n) is 6.60. The van der Waals surface area contributed by atoms with Crippen LogP contribution in [0.1, 0.15) is 22.9 Å². The number of ether oxygens (including phenoxy) is 2. The van der Waals surface area contributed by atoms with E-state index in [0.29, 0.717) is 23.0 Å². The van der Waals surface area contributed by atoms with Gasteiger partial charge in [-0.15, -0.1) is 11.3 Å². The summed E-state index contributed by atoms with van der Waals surface area (Å²) in [4.78, 5) is 16.7. The van der Waals surface area contributed by atoms with E-state index >= 15 is 0 Å². The zero-order chi connectivity index (χ0) is 14.4. The van der Waals surface area contributed by atoms with Gasteiger partial charge in [0, 0.05) is 16.6 Å². The summed E-state index contributed by atoms with van der Waals surface area (Å²) in [5.74, 6) is 0.165. The van der Waals surface area contributed by atoms with Gasteiger partial charge in [0.15, 0.2) is 16.6 Å². The molecule has 1 aliphatic carbocycles. The van der Waals surface area contributed by atoms with Crippen molar-refractivity contribution < 1.29 is 19.4 Å². The molecule has 108 valence electrons. The normalized spacial score (nSPS) is 18.6. The molecule has 1 aromatic carbocycles. The number of carboxylic acid groups (broad SMARTS) is 1. The van der Waals surface area contributed by atoms with Crippen molar-refractivity contribution in [2.24, 2.45) is 0 Å². The topological polar surface area (TPSA) is 80.7 Å². The van der Waals surface area contributed by atoms with Gasteiger partial charge < -0.3 is 19.9 Å². The number of aromatic nitrogens is 1. The van der Waals surface area contributed by atoms with E-state index in [4.69, 9.17) is 9.47 Å². The van der Waals surface area contributed by atoms with Crippen molar-refractivity contribution in [1.29, 1.82) is 0 Å². The molecule has 6 nitrogen and oxygen atoms in total. The van der Waals surface area contributed by atoms with Crippen LogP contribution >= 0.6 is 11.3 Å². The third-order valence-electron chi connectivity index (χ3n) is 3.64. The molecule has 1 aliphatic heterocycles. The van der Waals surface area contributed by atoms with Crippen molar-refractivity contribution >= 4 is 28.1 Å². The second-order valence-electron chi connectivity index (χ2n) is 4.95. The third-order valence-corrected chi connectivity index (χ3v) is 4.69. The number of rotatable bonds is 3. The Morgan fingerprint density at radius 1 is 1.38 bits per heavy atom. The number of aliphatic carboxylic acids is 1. The minimum absolute atomic E-state index is 0.241. The van der Waals surface area contributed by atoms with Crippen molar-refractivity contribution in [2.45, 2.75) is 18.8 Å². The van der Waals surface area contributed by atoms with Gasteiger partial charge in [-0.2, -0.15) is 0 Å². The lowest BCUT2D eigenvalue weighted by Gasteiger charge is -2.05. The SMILES string of the molecule is O=C(O)C1CCc2sc(Nc3ccc4c(c3)OCO4)nc21.